The van der Waals surface area contributed by atoms with Crippen molar-refractivity contribution in [2.45, 2.75) is 38.0 Å². The molecule has 0 radical (unpaired) electrons. The fourth-order valence-corrected chi connectivity index (χ4v) is 4.15. The highest BCUT2D eigenvalue weighted by Gasteiger charge is 2.43. The summed E-state index contributed by atoms with van der Waals surface area (Å²) in [5, 5.41) is 5.15. The summed E-state index contributed by atoms with van der Waals surface area (Å²) in [6.07, 6.45) is 4.12. The fraction of sp³-hybridized carbons (Fsp3) is 0.389. The maximum atomic E-state index is 12.9. The second kappa shape index (κ2) is 6.53. The number of hydrogen-bond donors (Lipinski definition) is 1. The molecule has 1 aromatic carbocycles. The van der Waals surface area contributed by atoms with Crippen LogP contribution in [0.3, 0.4) is 0 Å². The molecule has 1 aromatic heterocycles. The van der Waals surface area contributed by atoms with Crippen LogP contribution < -0.4 is 10.1 Å². The number of carbonyl (C=O) groups excluding carboxylic acids is 1. The van der Waals surface area contributed by atoms with Gasteiger partial charge >= 0.3 is 0 Å². The first-order valence-corrected chi connectivity index (χ1v) is 8.71. The molecule has 22 heavy (non-hydrogen) atoms. The zero-order valence-electron chi connectivity index (χ0n) is 12.8. The number of carbonyl (C=O) groups is 1. The van der Waals surface area contributed by atoms with Crippen molar-refractivity contribution in [3.05, 3.63) is 46.7 Å². The second-order valence-electron chi connectivity index (χ2n) is 5.68. The SMILES string of the molecule is CCOc1ccc(NC(=O)C2(c3cccs3)CCCC2)cc1. The first-order valence-electron chi connectivity index (χ1n) is 7.83. The van der Waals surface area contributed by atoms with E-state index in [0.717, 1.165) is 37.1 Å². The van der Waals surface area contributed by atoms with E-state index in [1.807, 2.05) is 37.3 Å². The zero-order valence-corrected chi connectivity index (χ0v) is 13.6. The molecule has 0 atom stereocenters. The Labute approximate surface area is 135 Å². The molecule has 0 spiro atoms. The van der Waals surface area contributed by atoms with Crippen LogP contribution in [0.5, 0.6) is 5.75 Å². The fourth-order valence-electron chi connectivity index (χ4n) is 3.17. The molecule has 1 aliphatic rings. The van der Waals surface area contributed by atoms with E-state index in [4.69, 9.17) is 4.74 Å². The molecule has 0 bridgehead atoms. The number of nitrogens with one attached hydrogen (secondary N) is 1. The lowest BCUT2D eigenvalue weighted by molar-refractivity contribution is -0.121. The minimum Gasteiger partial charge on any atom is -0.494 e. The third-order valence-corrected chi connectivity index (χ3v) is 5.38. The summed E-state index contributed by atoms with van der Waals surface area (Å²) in [6.45, 7) is 2.60. The van der Waals surface area contributed by atoms with Crippen LogP contribution in [-0.4, -0.2) is 12.5 Å². The quantitative estimate of drug-likeness (QED) is 0.876. The van der Waals surface area contributed by atoms with E-state index >= 15 is 0 Å². The monoisotopic (exact) mass is 315 g/mol. The summed E-state index contributed by atoms with van der Waals surface area (Å²) in [5.74, 6) is 0.950. The summed E-state index contributed by atoms with van der Waals surface area (Å²) < 4.78 is 5.43. The van der Waals surface area contributed by atoms with E-state index in [-0.39, 0.29) is 11.3 Å². The molecule has 0 unspecified atom stereocenters. The van der Waals surface area contributed by atoms with E-state index < -0.39 is 0 Å². The number of amides is 1. The standard InChI is InChI=1S/C18H21NO2S/c1-2-21-15-9-7-14(8-10-15)19-17(20)18(11-3-4-12-18)16-6-5-13-22-16/h5-10,13H,2-4,11-12H2,1H3,(H,19,20). The molecule has 4 heteroatoms. The van der Waals surface area contributed by atoms with Crippen molar-refractivity contribution in [1.29, 1.82) is 0 Å². The van der Waals surface area contributed by atoms with Gasteiger partial charge in [-0.05, 0) is 55.5 Å². The van der Waals surface area contributed by atoms with Crippen LogP contribution in [-0.2, 0) is 10.2 Å². The van der Waals surface area contributed by atoms with E-state index in [2.05, 4.69) is 16.8 Å². The van der Waals surface area contributed by atoms with Crippen LogP contribution in [0.2, 0.25) is 0 Å². The molecule has 2 aromatic rings. The van der Waals surface area contributed by atoms with Crippen LogP contribution in [0.25, 0.3) is 0 Å². The van der Waals surface area contributed by atoms with Gasteiger partial charge in [0.1, 0.15) is 5.75 Å². The Bertz CT molecular complexity index is 613. The van der Waals surface area contributed by atoms with Gasteiger partial charge < -0.3 is 10.1 Å². The first kappa shape index (κ1) is 15.1. The topological polar surface area (TPSA) is 38.3 Å². The van der Waals surface area contributed by atoms with Crippen LogP contribution in [0, 0.1) is 0 Å². The molecule has 1 N–H and O–H groups in total. The highest BCUT2D eigenvalue weighted by atomic mass is 32.1. The smallest absolute Gasteiger partial charge is 0.235 e. The van der Waals surface area contributed by atoms with Crippen molar-refractivity contribution in [2.75, 3.05) is 11.9 Å². The van der Waals surface area contributed by atoms with Crippen molar-refractivity contribution >= 4 is 22.9 Å². The van der Waals surface area contributed by atoms with Crippen molar-refractivity contribution in [3.63, 3.8) is 0 Å². The van der Waals surface area contributed by atoms with Gasteiger partial charge in [-0.3, -0.25) is 4.79 Å². The Kier molecular flexibility index (Phi) is 4.48. The van der Waals surface area contributed by atoms with Gasteiger partial charge in [0.15, 0.2) is 0 Å². The lowest BCUT2D eigenvalue weighted by Gasteiger charge is -2.26. The first-order chi connectivity index (χ1) is 10.7. The van der Waals surface area contributed by atoms with E-state index in [0.29, 0.717) is 6.61 Å². The summed E-state index contributed by atoms with van der Waals surface area (Å²) in [6, 6.07) is 11.7. The third-order valence-electron chi connectivity index (χ3n) is 4.31. The zero-order chi connectivity index (χ0) is 15.4. The molecule has 1 aliphatic carbocycles. The van der Waals surface area contributed by atoms with E-state index in [1.54, 1.807) is 11.3 Å². The largest absolute Gasteiger partial charge is 0.494 e. The van der Waals surface area contributed by atoms with Crippen molar-refractivity contribution in [3.8, 4) is 5.75 Å². The lowest BCUT2D eigenvalue weighted by atomic mass is 9.83. The van der Waals surface area contributed by atoms with Gasteiger partial charge in [0, 0.05) is 10.6 Å². The molecule has 1 heterocycles. The highest BCUT2D eigenvalue weighted by Crippen LogP contribution is 2.43. The number of thiophene rings is 1. The minimum absolute atomic E-state index is 0.122. The highest BCUT2D eigenvalue weighted by molar-refractivity contribution is 7.10. The summed E-state index contributed by atoms with van der Waals surface area (Å²) in [7, 11) is 0. The molecule has 3 rings (SSSR count). The Morgan fingerprint density at radius 3 is 2.55 bits per heavy atom. The van der Waals surface area contributed by atoms with Crippen LogP contribution in [0.4, 0.5) is 5.69 Å². The predicted molar refractivity (Wildman–Crippen MR) is 90.7 cm³/mol. The molecular formula is C18H21NO2S. The Morgan fingerprint density at radius 2 is 1.95 bits per heavy atom. The lowest BCUT2D eigenvalue weighted by Crippen LogP contribution is -2.37. The van der Waals surface area contributed by atoms with Gasteiger partial charge in [-0.15, -0.1) is 11.3 Å². The normalized spacial score (nSPS) is 16.4. The summed E-state index contributed by atoms with van der Waals surface area (Å²) in [5.41, 5.74) is 0.489. The summed E-state index contributed by atoms with van der Waals surface area (Å²) in [4.78, 5) is 14.1. The van der Waals surface area contributed by atoms with Crippen molar-refractivity contribution in [1.82, 2.24) is 0 Å². The average Bonchev–Trinajstić information content (AvgIpc) is 3.21. The van der Waals surface area contributed by atoms with Gasteiger partial charge in [-0.2, -0.15) is 0 Å². The summed E-state index contributed by atoms with van der Waals surface area (Å²) >= 11 is 1.69. The van der Waals surface area contributed by atoms with Gasteiger partial charge in [0.25, 0.3) is 0 Å². The second-order valence-corrected chi connectivity index (χ2v) is 6.63. The maximum Gasteiger partial charge on any atom is 0.235 e. The number of ether oxygens (including phenoxy) is 1. The molecule has 116 valence electrons. The molecular weight excluding hydrogens is 294 g/mol. The van der Waals surface area contributed by atoms with E-state index in [1.165, 1.54) is 4.88 Å². The number of rotatable bonds is 5. The molecule has 1 amide bonds. The van der Waals surface area contributed by atoms with Crippen molar-refractivity contribution < 1.29 is 9.53 Å². The van der Waals surface area contributed by atoms with Gasteiger partial charge in [0.05, 0.1) is 12.0 Å². The minimum atomic E-state index is -0.341. The van der Waals surface area contributed by atoms with Crippen molar-refractivity contribution in [2.24, 2.45) is 0 Å². The molecule has 0 saturated heterocycles. The van der Waals surface area contributed by atoms with E-state index in [9.17, 15) is 4.79 Å². The Morgan fingerprint density at radius 1 is 1.23 bits per heavy atom. The van der Waals surface area contributed by atoms with Crippen LogP contribution in [0.15, 0.2) is 41.8 Å². The molecule has 3 nitrogen and oxygen atoms in total. The number of benzene rings is 1. The molecule has 1 fully saturated rings. The van der Waals surface area contributed by atoms with Crippen LogP contribution in [0.1, 0.15) is 37.5 Å². The van der Waals surface area contributed by atoms with Gasteiger partial charge in [0.2, 0.25) is 5.91 Å². The van der Waals surface area contributed by atoms with Gasteiger partial charge in [-0.1, -0.05) is 18.9 Å². The predicted octanol–water partition coefficient (Wildman–Crippen LogP) is 4.60. The number of hydrogen-bond acceptors (Lipinski definition) is 3. The average molecular weight is 315 g/mol. The molecule has 1 saturated carbocycles. The molecule has 0 aliphatic heterocycles. The van der Waals surface area contributed by atoms with Crippen LogP contribution >= 0.6 is 11.3 Å². The Hall–Kier alpha value is -1.81. The van der Waals surface area contributed by atoms with Gasteiger partial charge in [-0.25, -0.2) is 0 Å². The third kappa shape index (κ3) is 2.88. The Balaban J connectivity index is 1.77. The maximum absolute atomic E-state index is 12.9. The number of anilines is 1.